The van der Waals surface area contributed by atoms with Crippen LogP contribution in [-0.2, 0) is 6.54 Å². The summed E-state index contributed by atoms with van der Waals surface area (Å²) >= 11 is 0. The second-order valence-electron chi connectivity index (χ2n) is 4.80. The van der Waals surface area contributed by atoms with Gasteiger partial charge in [0.15, 0.2) is 11.5 Å². The van der Waals surface area contributed by atoms with E-state index >= 15 is 0 Å². The van der Waals surface area contributed by atoms with Gasteiger partial charge in [-0.05, 0) is 43.7 Å². The van der Waals surface area contributed by atoms with Gasteiger partial charge in [0.25, 0.3) is 5.69 Å². The van der Waals surface area contributed by atoms with Gasteiger partial charge in [-0.1, -0.05) is 6.07 Å². The Labute approximate surface area is 135 Å². The molecular weight excluding hydrogens is 296 g/mol. The number of hydrogen-bond donors (Lipinski definition) is 1. The van der Waals surface area contributed by atoms with Crippen LogP contribution in [0.3, 0.4) is 0 Å². The summed E-state index contributed by atoms with van der Waals surface area (Å²) < 4.78 is 11.1. The van der Waals surface area contributed by atoms with Crippen LogP contribution in [0.15, 0.2) is 42.5 Å². The Kier molecular flexibility index (Phi) is 5.80. The summed E-state index contributed by atoms with van der Waals surface area (Å²) in [6, 6.07) is 12.1. The number of nitro benzene ring substituents is 1. The van der Waals surface area contributed by atoms with Crippen LogP contribution in [-0.4, -0.2) is 18.1 Å². The van der Waals surface area contributed by atoms with E-state index in [1.807, 2.05) is 32.0 Å². The van der Waals surface area contributed by atoms with Crippen LogP contribution in [0.1, 0.15) is 19.4 Å². The predicted molar refractivity (Wildman–Crippen MR) is 89.2 cm³/mol. The average Bonchev–Trinajstić information content (AvgIpc) is 2.56. The Bertz CT molecular complexity index is 656. The number of rotatable bonds is 8. The third-order valence-corrected chi connectivity index (χ3v) is 3.18. The van der Waals surface area contributed by atoms with Crippen LogP contribution >= 0.6 is 0 Å². The molecule has 0 spiro atoms. The zero-order chi connectivity index (χ0) is 16.7. The summed E-state index contributed by atoms with van der Waals surface area (Å²) in [7, 11) is 0. The molecule has 1 N–H and O–H groups in total. The Balaban J connectivity index is 2.04. The predicted octanol–water partition coefficient (Wildman–Crippen LogP) is 4.00. The highest BCUT2D eigenvalue weighted by molar-refractivity contribution is 5.50. The lowest BCUT2D eigenvalue weighted by molar-refractivity contribution is -0.384. The molecule has 0 heterocycles. The van der Waals surface area contributed by atoms with E-state index in [-0.39, 0.29) is 5.69 Å². The van der Waals surface area contributed by atoms with Gasteiger partial charge in [0, 0.05) is 24.4 Å². The molecular formula is C17H20N2O4. The number of hydrogen-bond acceptors (Lipinski definition) is 5. The van der Waals surface area contributed by atoms with Crippen LogP contribution in [0.25, 0.3) is 0 Å². The number of ether oxygens (including phenoxy) is 2. The Morgan fingerprint density at radius 3 is 2.26 bits per heavy atom. The van der Waals surface area contributed by atoms with Crippen LogP contribution in [0, 0.1) is 10.1 Å². The van der Waals surface area contributed by atoms with Gasteiger partial charge >= 0.3 is 0 Å². The third-order valence-electron chi connectivity index (χ3n) is 3.18. The average molecular weight is 316 g/mol. The molecule has 23 heavy (non-hydrogen) atoms. The largest absolute Gasteiger partial charge is 0.490 e. The number of nitrogens with zero attached hydrogens (tertiary/aromatic N) is 1. The van der Waals surface area contributed by atoms with Crippen molar-refractivity contribution in [2.24, 2.45) is 0 Å². The minimum Gasteiger partial charge on any atom is -0.490 e. The summed E-state index contributed by atoms with van der Waals surface area (Å²) in [4.78, 5) is 10.2. The van der Waals surface area contributed by atoms with Crippen LogP contribution in [0.2, 0.25) is 0 Å². The number of non-ortho nitro benzene ring substituents is 1. The molecule has 2 aromatic rings. The van der Waals surface area contributed by atoms with Crippen molar-refractivity contribution in [1.82, 2.24) is 0 Å². The highest BCUT2D eigenvalue weighted by Crippen LogP contribution is 2.29. The topological polar surface area (TPSA) is 73.6 Å². The van der Waals surface area contributed by atoms with Gasteiger partial charge in [0.05, 0.1) is 18.1 Å². The van der Waals surface area contributed by atoms with Crippen molar-refractivity contribution in [2.45, 2.75) is 20.4 Å². The quantitative estimate of drug-likeness (QED) is 0.588. The molecule has 0 bridgehead atoms. The van der Waals surface area contributed by atoms with E-state index in [2.05, 4.69) is 5.32 Å². The minimum absolute atomic E-state index is 0.0789. The smallest absolute Gasteiger partial charge is 0.269 e. The molecule has 0 aliphatic rings. The molecule has 0 radical (unpaired) electrons. The van der Waals surface area contributed by atoms with Gasteiger partial charge < -0.3 is 14.8 Å². The highest BCUT2D eigenvalue weighted by Gasteiger charge is 2.07. The normalized spacial score (nSPS) is 10.2. The monoisotopic (exact) mass is 316 g/mol. The fourth-order valence-corrected chi connectivity index (χ4v) is 2.11. The standard InChI is InChI=1S/C17H20N2O4/c1-3-22-16-10-5-13(11-17(16)23-4-2)12-18-14-6-8-15(9-7-14)19(20)21/h5-11,18H,3-4,12H2,1-2H3. The fraction of sp³-hybridized carbons (Fsp3) is 0.294. The van der Waals surface area contributed by atoms with Gasteiger partial charge in [-0.25, -0.2) is 0 Å². The Morgan fingerprint density at radius 2 is 1.65 bits per heavy atom. The zero-order valence-electron chi connectivity index (χ0n) is 13.2. The molecule has 6 heteroatoms. The first-order valence-corrected chi connectivity index (χ1v) is 7.51. The van der Waals surface area contributed by atoms with E-state index < -0.39 is 4.92 Å². The molecule has 0 atom stereocenters. The van der Waals surface area contributed by atoms with E-state index in [9.17, 15) is 10.1 Å². The number of nitrogens with one attached hydrogen (secondary N) is 1. The lowest BCUT2D eigenvalue weighted by Gasteiger charge is -2.13. The molecule has 0 aliphatic carbocycles. The van der Waals surface area contributed by atoms with Crippen molar-refractivity contribution in [3.8, 4) is 11.5 Å². The summed E-state index contributed by atoms with van der Waals surface area (Å²) in [6.07, 6.45) is 0. The Hall–Kier alpha value is -2.76. The minimum atomic E-state index is -0.412. The molecule has 6 nitrogen and oxygen atoms in total. The van der Waals surface area contributed by atoms with E-state index in [4.69, 9.17) is 9.47 Å². The number of benzene rings is 2. The molecule has 0 saturated heterocycles. The lowest BCUT2D eigenvalue weighted by Crippen LogP contribution is -2.02. The molecule has 0 unspecified atom stereocenters. The number of anilines is 1. The van der Waals surface area contributed by atoms with Crippen LogP contribution in [0.4, 0.5) is 11.4 Å². The van der Waals surface area contributed by atoms with E-state index in [0.717, 1.165) is 22.7 Å². The van der Waals surface area contributed by atoms with Gasteiger partial charge in [-0.2, -0.15) is 0 Å². The van der Waals surface area contributed by atoms with E-state index in [1.54, 1.807) is 12.1 Å². The molecule has 0 fully saturated rings. The molecule has 0 amide bonds. The van der Waals surface area contributed by atoms with E-state index in [0.29, 0.717) is 19.8 Å². The maximum Gasteiger partial charge on any atom is 0.269 e. The summed E-state index contributed by atoms with van der Waals surface area (Å²) in [5, 5.41) is 13.9. The summed E-state index contributed by atoms with van der Waals surface area (Å²) in [5.41, 5.74) is 1.94. The highest BCUT2D eigenvalue weighted by atomic mass is 16.6. The van der Waals surface area contributed by atoms with Crippen molar-refractivity contribution in [2.75, 3.05) is 18.5 Å². The van der Waals surface area contributed by atoms with Crippen molar-refractivity contribution in [3.05, 3.63) is 58.1 Å². The SMILES string of the molecule is CCOc1ccc(CNc2ccc([N+](=O)[O-])cc2)cc1OCC. The van der Waals surface area contributed by atoms with Crippen molar-refractivity contribution in [3.63, 3.8) is 0 Å². The second kappa shape index (κ2) is 8.03. The maximum atomic E-state index is 10.6. The summed E-state index contributed by atoms with van der Waals surface area (Å²) in [6.45, 7) is 5.60. The van der Waals surface area contributed by atoms with Gasteiger partial charge in [-0.15, -0.1) is 0 Å². The van der Waals surface area contributed by atoms with Gasteiger partial charge in [0.2, 0.25) is 0 Å². The first-order valence-electron chi connectivity index (χ1n) is 7.51. The summed E-state index contributed by atoms with van der Waals surface area (Å²) in [5.74, 6) is 1.45. The zero-order valence-corrected chi connectivity index (χ0v) is 13.2. The molecule has 0 aromatic heterocycles. The lowest BCUT2D eigenvalue weighted by atomic mass is 10.2. The molecule has 2 aromatic carbocycles. The first kappa shape index (κ1) is 16.6. The molecule has 2 rings (SSSR count). The maximum absolute atomic E-state index is 10.6. The van der Waals surface area contributed by atoms with Crippen molar-refractivity contribution in [1.29, 1.82) is 0 Å². The second-order valence-corrected chi connectivity index (χ2v) is 4.80. The Morgan fingerprint density at radius 1 is 1.00 bits per heavy atom. The van der Waals surface area contributed by atoms with E-state index in [1.165, 1.54) is 12.1 Å². The fourth-order valence-electron chi connectivity index (χ4n) is 2.11. The molecule has 122 valence electrons. The molecule has 0 aliphatic heterocycles. The van der Waals surface area contributed by atoms with Crippen LogP contribution in [0.5, 0.6) is 11.5 Å². The first-order chi connectivity index (χ1) is 11.1. The van der Waals surface area contributed by atoms with Crippen LogP contribution < -0.4 is 14.8 Å². The van der Waals surface area contributed by atoms with Crippen molar-refractivity contribution < 1.29 is 14.4 Å². The van der Waals surface area contributed by atoms with Gasteiger partial charge in [0.1, 0.15) is 0 Å². The van der Waals surface area contributed by atoms with Gasteiger partial charge in [-0.3, -0.25) is 10.1 Å². The van der Waals surface area contributed by atoms with Crippen molar-refractivity contribution >= 4 is 11.4 Å². The number of nitro groups is 1. The third kappa shape index (κ3) is 4.60. The molecule has 0 saturated carbocycles.